The number of nitro groups is 1. The highest BCUT2D eigenvalue weighted by atomic mass is 16.6. The van der Waals surface area contributed by atoms with E-state index in [1.165, 1.54) is 6.07 Å². The third kappa shape index (κ3) is 3.35. The number of rotatable bonds is 6. The molecule has 8 nitrogen and oxygen atoms in total. The summed E-state index contributed by atoms with van der Waals surface area (Å²) < 4.78 is 7.30. The van der Waals surface area contributed by atoms with Crippen molar-refractivity contribution in [3.8, 4) is 5.75 Å². The molecule has 0 saturated heterocycles. The summed E-state index contributed by atoms with van der Waals surface area (Å²) in [5, 5.41) is 19.7. The van der Waals surface area contributed by atoms with Crippen molar-refractivity contribution < 1.29 is 19.6 Å². The van der Waals surface area contributed by atoms with E-state index in [1.54, 1.807) is 12.4 Å². The van der Waals surface area contributed by atoms with Gasteiger partial charge in [0.1, 0.15) is 23.7 Å². The van der Waals surface area contributed by atoms with E-state index in [0.717, 1.165) is 18.0 Å². The number of aromatic nitrogens is 2. The number of hydrogen-bond donors (Lipinski definition) is 1. The smallest absolute Gasteiger partial charge is 0.342 e. The number of aryl methyl sites for hydroxylation is 1. The molecule has 0 amide bonds. The van der Waals surface area contributed by atoms with Crippen LogP contribution in [0.2, 0.25) is 0 Å². The number of carboxylic acids is 1. The van der Waals surface area contributed by atoms with Crippen LogP contribution < -0.4 is 4.74 Å². The molecule has 2 aromatic rings. The van der Waals surface area contributed by atoms with Crippen LogP contribution in [0.3, 0.4) is 0 Å². The quantitative estimate of drug-likeness (QED) is 0.643. The van der Waals surface area contributed by atoms with E-state index in [9.17, 15) is 14.9 Å². The zero-order valence-corrected chi connectivity index (χ0v) is 11.2. The highest BCUT2D eigenvalue weighted by molar-refractivity contribution is 5.92. The molecule has 1 heterocycles. The molecule has 110 valence electrons. The van der Waals surface area contributed by atoms with Crippen molar-refractivity contribution in [2.45, 2.75) is 13.5 Å². The lowest BCUT2D eigenvalue weighted by molar-refractivity contribution is -0.385. The number of imidazole rings is 1. The summed E-state index contributed by atoms with van der Waals surface area (Å²) in [6.07, 6.45) is 3.47. The average molecular weight is 291 g/mol. The van der Waals surface area contributed by atoms with E-state index in [4.69, 9.17) is 9.84 Å². The molecular weight excluding hydrogens is 278 g/mol. The number of ether oxygens (including phenoxy) is 1. The van der Waals surface area contributed by atoms with Gasteiger partial charge < -0.3 is 14.4 Å². The first-order chi connectivity index (χ1) is 9.99. The van der Waals surface area contributed by atoms with Gasteiger partial charge in [-0.05, 0) is 13.0 Å². The van der Waals surface area contributed by atoms with Crippen molar-refractivity contribution in [2.75, 3.05) is 6.61 Å². The predicted molar refractivity (Wildman–Crippen MR) is 72.5 cm³/mol. The van der Waals surface area contributed by atoms with E-state index in [1.807, 2.05) is 11.5 Å². The van der Waals surface area contributed by atoms with Crippen LogP contribution in [0.15, 0.2) is 30.6 Å². The Balaban J connectivity index is 2.07. The predicted octanol–water partition coefficient (Wildman–Crippen LogP) is 1.88. The summed E-state index contributed by atoms with van der Waals surface area (Å²) >= 11 is 0. The number of aromatic carboxylic acids is 1. The maximum Gasteiger partial charge on any atom is 0.342 e. The van der Waals surface area contributed by atoms with E-state index >= 15 is 0 Å². The third-order valence-corrected chi connectivity index (χ3v) is 2.92. The summed E-state index contributed by atoms with van der Waals surface area (Å²) in [7, 11) is 0. The van der Waals surface area contributed by atoms with Crippen LogP contribution in [0.1, 0.15) is 16.2 Å². The largest absolute Gasteiger partial charge is 0.492 e. The second-order valence-corrected chi connectivity index (χ2v) is 4.26. The van der Waals surface area contributed by atoms with Crippen LogP contribution in [-0.2, 0) is 6.54 Å². The monoisotopic (exact) mass is 291 g/mol. The van der Waals surface area contributed by atoms with Crippen LogP contribution >= 0.6 is 0 Å². The molecule has 0 spiro atoms. The summed E-state index contributed by atoms with van der Waals surface area (Å²) in [4.78, 5) is 25.1. The van der Waals surface area contributed by atoms with Gasteiger partial charge in [0.05, 0.1) is 11.5 Å². The summed E-state index contributed by atoms with van der Waals surface area (Å²) in [6.45, 7) is 2.70. The molecule has 0 atom stereocenters. The molecule has 2 rings (SSSR count). The van der Waals surface area contributed by atoms with Gasteiger partial charge >= 0.3 is 5.97 Å². The van der Waals surface area contributed by atoms with Gasteiger partial charge in [-0.25, -0.2) is 9.78 Å². The molecule has 1 N–H and O–H groups in total. The highest BCUT2D eigenvalue weighted by Gasteiger charge is 2.20. The molecule has 21 heavy (non-hydrogen) atoms. The normalized spacial score (nSPS) is 10.3. The number of hydrogen-bond acceptors (Lipinski definition) is 5. The Kier molecular flexibility index (Phi) is 4.17. The Morgan fingerprint density at radius 1 is 1.52 bits per heavy atom. The minimum Gasteiger partial charge on any atom is -0.492 e. The van der Waals surface area contributed by atoms with Gasteiger partial charge in [-0.1, -0.05) is 0 Å². The zero-order chi connectivity index (χ0) is 15.4. The fourth-order valence-electron chi connectivity index (χ4n) is 1.84. The number of nitrogens with zero attached hydrogens (tertiary/aromatic N) is 3. The third-order valence-electron chi connectivity index (χ3n) is 2.92. The van der Waals surface area contributed by atoms with Gasteiger partial charge in [0, 0.05) is 24.5 Å². The molecule has 8 heteroatoms. The van der Waals surface area contributed by atoms with Gasteiger partial charge in [0.25, 0.3) is 5.69 Å². The molecule has 0 fully saturated rings. The minimum atomic E-state index is -1.36. The molecule has 0 aliphatic carbocycles. The van der Waals surface area contributed by atoms with Gasteiger partial charge in [-0.2, -0.15) is 0 Å². The van der Waals surface area contributed by atoms with Crippen LogP contribution in [0.5, 0.6) is 5.75 Å². The van der Waals surface area contributed by atoms with Gasteiger partial charge in [0.15, 0.2) is 0 Å². The Morgan fingerprint density at radius 3 is 2.86 bits per heavy atom. The van der Waals surface area contributed by atoms with Gasteiger partial charge in [-0.3, -0.25) is 10.1 Å². The van der Waals surface area contributed by atoms with Gasteiger partial charge in [-0.15, -0.1) is 0 Å². The Labute approximate surface area is 119 Å². The first kappa shape index (κ1) is 14.5. The standard InChI is InChI=1S/C13H13N3O5/c1-9-14-4-5-15(9)6-7-21-10-2-3-12(16(19)20)11(8-10)13(17)18/h2-5,8H,6-7H2,1H3,(H,17,18). The number of carbonyl (C=O) groups is 1. The van der Waals surface area contributed by atoms with Crippen LogP contribution in [0.25, 0.3) is 0 Å². The lowest BCUT2D eigenvalue weighted by Crippen LogP contribution is -2.09. The van der Waals surface area contributed by atoms with Crippen LogP contribution in [-0.4, -0.2) is 32.2 Å². The van der Waals surface area contributed by atoms with E-state index in [-0.39, 0.29) is 5.75 Å². The molecule has 0 aliphatic rings. The maximum atomic E-state index is 11.0. The van der Waals surface area contributed by atoms with Crippen LogP contribution in [0.4, 0.5) is 5.69 Å². The fraction of sp³-hybridized carbons (Fsp3) is 0.231. The van der Waals surface area contributed by atoms with Crippen molar-refractivity contribution in [2.24, 2.45) is 0 Å². The maximum absolute atomic E-state index is 11.0. The molecule has 1 aromatic carbocycles. The molecular formula is C13H13N3O5. The molecule has 1 aromatic heterocycles. The first-order valence-corrected chi connectivity index (χ1v) is 6.11. The molecule has 0 saturated carbocycles. The average Bonchev–Trinajstić information content (AvgIpc) is 2.84. The molecule has 0 unspecified atom stereocenters. The van der Waals surface area contributed by atoms with Crippen molar-refractivity contribution in [3.05, 3.63) is 52.1 Å². The second kappa shape index (κ2) is 6.04. The Bertz CT molecular complexity index is 680. The zero-order valence-electron chi connectivity index (χ0n) is 11.2. The second-order valence-electron chi connectivity index (χ2n) is 4.26. The highest BCUT2D eigenvalue weighted by Crippen LogP contribution is 2.24. The Hall–Kier alpha value is -2.90. The Morgan fingerprint density at radius 2 is 2.29 bits per heavy atom. The SMILES string of the molecule is Cc1nccn1CCOc1ccc([N+](=O)[O-])c(C(=O)O)c1. The molecule has 0 aliphatic heterocycles. The van der Waals surface area contributed by atoms with Crippen molar-refractivity contribution >= 4 is 11.7 Å². The van der Waals surface area contributed by atoms with Crippen molar-refractivity contribution in [1.29, 1.82) is 0 Å². The van der Waals surface area contributed by atoms with Crippen LogP contribution in [0, 0.1) is 17.0 Å². The minimum absolute atomic E-state index is 0.274. The molecule has 0 bridgehead atoms. The van der Waals surface area contributed by atoms with E-state index in [0.29, 0.717) is 13.2 Å². The lowest BCUT2D eigenvalue weighted by atomic mass is 10.1. The lowest BCUT2D eigenvalue weighted by Gasteiger charge is -2.08. The number of nitro benzene ring substituents is 1. The molecule has 0 radical (unpaired) electrons. The summed E-state index contributed by atoms with van der Waals surface area (Å²) in [5.41, 5.74) is -0.850. The first-order valence-electron chi connectivity index (χ1n) is 6.11. The number of benzene rings is 1. The number of carboxylic acid groups (broad SMARTS) is 1. The van der Waals surface area contributed by atoms with Crippen molar-refractivity contribution in [3.63, 3.8) is 0 Å². The fourth-order valence-corrected chi connectivity index (χ4v) is 1.84. The van der Waals surface area contributed by atoms with Crippen molar-refractivity contribution in [1.82, 2.24) is 9.55 Å². The summed E-state index contributed by atoms with van der Waals surface area (Å²) in [6, 6.07) is 3.66. The topological polar surface area (TPSA) is 107 Å². The van der Waals surface area contributed by atoms with Gasteiger partial charge in [0.2, 0.25) is 0 Å². The summed E-state index contributed by atoms with van der Waals surface area (Å²) in [5.74, 6) is -0.248. The van der Waals surface area contributed by atoms with E-state index in [2.05, 4.69) is 4.98 Å². The van der Waals surface area contributed by atoms with E-state index < -0.39 is 22.1 Å².